The van der Waals surface area contributed by atoms with Gasteiger partial charge in [-0.25, -0.2) is 0 Å². The van der Waals surface area contributed by atoms with Crippen LogP contribution in [0.3, 0.4) is 0 Å². The number of nitrogens with zero attached hydrogens (tertiary/aromatic N) is 1. The highest BCUT2D eigenvalue weighted by Gasteiger charge is 2.33. The fourth-order valence-electron chi connectivity index (χ4n) is 3.86. The maximum absolute atomic E-state index is 12.4. The maximum Gasteiger partial charge on any atom is 0.176 e. The molecule has 0 radical (unpaired) electrons. The highest BCUT2D eigenvalue weighted by Crippen LogP contribution is 2.35. The number of fused-ring (bicyclic) bond motifs is 1. The standard InChI is InChI=1S/C17H22ClNO/c18-15-8-3-6-14(11-15)17(20)12-19-10-4-7-13-5-1-2-9-16(13)19/h3,6,8,11,13,16H,1-2,4-5,7,9-10,12H2/t13-,16-/m1/s1. The van der Waals surface area contributed by atoms with E-state index in [1.54, 1.807) is 6.07 Å². The summed E-state index contributed by atoms with van der Waals surface area (Å²) in [5.41, 5.74) is 0.746. The van der Waals surface area contributed by atoms with E-state index in [9.17, 15) is 4.79 Å². The van der Waals surface area contributed by atoms with E-state index < -0.39 is 0 Å². The first-order valence-corrected chi connectivity index (χ1v) is 8.14. The molecule has 20 heavy (non-hydrogen) atoms. The van der Waals surface area contributed by atoms with Gasteiger partial charge in [0, 0.05) is 16.6 Å². The molecule has 0 unspecified atom stereocenters. The first-order chi connectivity index (χ1) is 9.74. The van der Waals surface area contributed by atoms with Crippen molar-refractivity contribution in [3.8, 4) is 0 Å². The highest BCUT2D eigenvalue weighted by molar-refractivity contribution is 6.31. The normalized spacial score (nSPS) is 27.1. The Balaban J connectivity index is 1.68. The zero-order valence-corrected chi connectivity index (χ0v) is 12.6. The van der Waals surface area contributed by atoms with Gasteiger partial charge in [-0.15, -0.1) is 0 Å². The van der Waals surface area contributed by atoms with Crippen LogP contribution in [0.4, 0.5) is 0 Å². The molecule has 1 saturated carbocycles. The van der Waals surface area contributed by atoms with Gasteiger partial charge in [-0.05, 0) is 50.3 Å². The SMILES string of the molecule is O=C(CN1CCC[C@H]2CCCC[C@H]21)c1cccc(Cl)c1. The van der Waals surface area contributed by atoms with E-state index in [0.29, 0.717) is 17.6 Å². The quantitative estimate of drug-likeness (QED) is 0.779. The number of carbonyl (C=O) groups is 1. The Morgan fingerprint density at radius 3 is 2.85 bits per heavy atom. The van der Waals surface area contributed by atoms with E-state index in [0.717, 1.165) is 18.0 Å². The fourth-order valence-corrected chi connectivity index (χ4v) is 4.05. The van der Waals surface area contributed by atoms with Crippen LogP contribution in [-0.2, 0) is 0 Å². The summed E-state index contributed by atoms with van der Waals surface area (Å²) in [6, 6.07) is 7.97. The van der Waals surface area contributed by atoms with Gasteiger partial charge >= 0.3 is 0 Å². The number of benzene rings is 1. The number of Topliss-reactive ketones (excluding diaryl/α,β-unsaturated/α-hetero) is 1. The van der Waals surface area contributed by atoms with Crippen LogP contribution in [0.15, 0.2) is 24.3 Å². The monoisotopic (exact) mass is 291 g/mol. The lowest BCUT2D eigenvalue weighted by Gasteiger charge is -2.43. The smallest absolute Gasteiger partial charge is 0.176 e. The van der Waals surface area contributed by atoms with Crippen molar-refractivity contribution in [3.63, 3.8) is 0 Å². The molecule has 2 atom stereocenters. The summed E-state index contributed by atoms with van der Waals surface area (Å²) >= 11 is 5.98. The average Bonchev–Trinajstić information content (AvgIpc) is 2.47. The average molecular weight is 292 g/mol. The Bertz CT molecular complexity index is 486. The largest absolute Gasteiger partial charge is 0.293 e. The highest BCUT2D eigenvalue weighted by atomic mass is 35.5. The minimum Gasteiger partial charge on any atom is -0.293 e. The van der Waals surface area contributed by atoms with E-state index >= 15 is 0 Å². The molecule has 1 saturated heterocycles. The molecule has 0 bridgehead atoms. The molecule has 0 aromatic heterocycles. The molecular formula is C17H22ClNO. The maximum atomic E-state index is 12.4. The first kappa shape index (κ1) is 14.1. The van der Waals surface area contributed by atoms with Crippen molar-refractivity contribution in [2.45, 2.75) is 44.6 Å². The molecule has 1 aliphatic heterocycles. The summed E-state index contributed by atoms with van der Waals surface area (Å²) in [7, 11) is 0. The van der Waals surface area contributed by atoms with Crippen LogP contribution in [0.25, 0.3) is 0 Å². The summed E-state index contributed by atoms with van der Waals surface area (Å²) in [4.78, 5) is 14.9. The van der Waals surface area contributed by atoms with Crippen LogP contribution >= 0.6 is 11.6 Å². The Labute approximate surface area is 126 Å². The summed E-state index contributed by atoms with van der Waals surface area (Å²) in [5, 5.41) is 0.644. The van der Waals surface area contributed by atoms with Crippen molar-refractivity contribution >= 4 is 17.4 Å². The second-order valence-electron chi connectivity index (χ2n) is 6.16. The van der Waals surface area contributed by atoms with Crippen molar-refractivity contribution in [3.05, 3.63) is 34.9 Å². The number of rotatable bonds is 3. The number of carbonyl (C=O) groups excluding carboxylic acids is 1. The number of hydrogen-bond acceptors (Lipinski definition) is 2. The lowest BCUT2D eigenvalue weighted by Crippen LogP contribution is -2.48. The third-order valence-electron chi connectivity index (χ3n) is 4.85. The van der Waals surface area contributed by atoms with Gasteiger partial charge in [0.2, 0.25) is 0 Å². The summed E-state index contributed by atoms with van der Waals surface area (Å²) in [6.45, 7) is 1.63. The summed E-state index contributed by atoms with van der Waals surface area (Å²) < 4.78 is 0. The minimum absolute atomic E-state index is 0.207. The van der Waals surface area contributed by atoms with Crippen molar-refractivity contribution in [2.24, 2.45) is 5.92 Å². The van der Waals surface area contributed by atoms with Gasteiger partial charge < -0.3 is 0 Å². The van der Waals surface area contributed by atoms with Crippen LogP contribution in [-0.4, -0.2) is 29.8 Å². The molecule has 2 fully saturated rings. The Morgan fingerprint density at radius 1 is 1.20 bits per heavy atom. The van der Waals surface area contributed by atoms with Gasteiger partial charge in [-0.1, -0.05) is 36.6 Å². The second kappa shape index (κ2) is 6.28. The van der Waals surface area contributed by atoms with Gasteiger partial charge in [0.15, 0.2) is 5.78 Å². The molecule has 0 amide bonds. The third-order valence-corrected chi connectivity index (χ3v) is 5.09. The lowest BCUT2D eigenvalue weighted by atomic mass is 9.78. The van der Waals surface area contributed by atoms with Crippen molar-refractivity contribution in [1.29, 1.82) is 0 Å². The van der Waals surface area contributed by atoms with Gasteiger partial charge in [0.05, 0.1) is 6.54 Å². The molecule has 1 aromatic rings. The third kappa shape index (κ3) is 3.07. The Kier molecular flexibility index (Phi) is 4.42. The fraction of sp³-hybridized carbons (Fsp3) is 0.588. The van der Waals surface area contributed by atoms with Gasteiger partial charge in [0.1, 0.15) is 0 Å². The van der Waals surface area contributed by atoms with Crippen molar-refractivity contribution < 1.29 is 4.79 Å². The molecule has 1 aromatic carbocycles. The van der Waals surface area contributed by atoms with Gasteiger partial charge in [-0.3, -0.25) is 9.69 Å². The molecular weight excluding hydrogens is 270 g/mol. The molecule has 2 aliphatic rings. The minimum atomic E-state index is 0.207. The number of ketones is 1. The van der Waals surface area contributed by atoms with E-state index in [4.69, 9.17) is 11.6 Å². The number of hydrogen-bond donors (Lipinski definition) is 0. The number of halogens is 1. The predicted octanol–water partition coefficient (Wildman–Crippen LogP) is 4.18. The molecule has 1 aliphatic carbocycles. The molecule has 1 heterocycles. The lowest BCUT2D eigenvalue weighted by molar-refractivity contribution is 0.0539. The topological polar surface area (TPSA) is 20.3 Å². The second-order valence-corrected chi connectivity index (χ2v) is 6.59. The van der Waals surface area contributed by atoms with Crippen molar-refractivity contribution in [2.75, 3.05) is 13.1 Å². The predicted molar refractivity (Wildman–Crippen MR) is 82.3 cm³/mol. The molecule has 3 rings (SSSR count). The Hall–Kier alpha value is -0.860. The van der Waals surface area contributed by atoms with E-state index in [-0.39, 0.29) is 5.78 Å². The van der Waals surface area contributed by atoms with E-state index in [2.05, 4.69) is 4.90 Å². The Morgan fingerprint density at radius 2 is 2.00 bits per heavy atom. The molecule has 0 N–H and O–H groups in total. The van der Waals surface area contributed by atoms with Crippen molar-refractivity contribution in [1.82, 2.24) is 4.90 Å². The van der Waals surface area contributed by atoms with Gasteiger partial charge in [0.25, 0.3) is 0 Å². The molecule has 2 nitrogen and oxygen atoms in total. The van der Waals surface area contributed by atoms with Crippen LogP contribution in [0.1, 0.15) is 48.9 Å². The summed E-state index contributed by atoms with van der Waals surface area (Å²) in [5.74, 6) is 1.03. The summed E-state index contributed by atoms with van der Waals surface area (Å²) in [6.07, 6.45) is 7.91. The molecule has 108 valence electrons. The van der Waals surface area contributed by atoms with Crippen LogP contribution < -0.4 is 0 Å². The number of piperidine rings is 1. The molecule has 0 spiro atoms. The first-order valence-electron chi connectivity index (χ1n) is 7.77. The van der Waals surface area contributed by atoms with Crippen LogP contribution in [0.5, 0.6) is 0 Å². The molecule has 3 heteroatoms. The zero-order chi connectivity index (χ0) is 13.9. The van der Waals surface area contributed by atoms with Crippen LogP contribution in [0.2, 0.25) is 5.02 Å². The van der Waals surface area contributed by atoms with Gasteiger partial charge in [-0.2, -0.15) is 0 Å². The van der Waals surface area contributed by atoms with E-state index in [1.165, 1.54) is 38.5 Å². The number of likely N-dealkylation sites (tertiary alicyclic amines) is 1. The van der Waals surface area contributed by atoms with E-state index in [1.807, 2.05) is 18.2 Å². The zero-order valence-electron chi connectivity index (χ0n) is 11.9. The van der Waals surface area contributed by atoms with Crippen LogP contribution in [0, 0.1) is 5.92 Å².